The van der Waals surface area contributed by atoms with Gasteiger partial charge in [-0.25, -0.2) is 4.79 Å². The number of fused-ring (bicyclic) bond motifs is 2. The molecule has 5 nitrogen and oxygen atoms in total. The minimum absolute atomic E-state index is 0.0599. The number of esters is 1. The van der Waals surface area contributed by atoms with E-state index in [9.17, 15) is 4.79 Å². The van der Waals surface area contributed by atoms with E-state index in [1.807, 2.05) is 11.0 Å². The summed E-state index contributed by atoms with van der Waals surface area (Å²) < 4.78 is 16.0. The fraction of sp³-hybridized carbons (Fsp3) is 0.462. The van der Waals surface area contributed by atoms with Crippen LogP contribution in [0.5, 0.6) is 0 Å². The Kier molecular flexibility index (Phi) is 3.77. The van der Waals surface area contributed by atoms with Crippen molar-refractivity contribution < 1.29 is 19.0 Å². The highest BCUT2D eigenvalue weighted by Gasteiger charge is 2.47. The summed E-state index contributed by atoms with van der Waals surface area (Å²) in [5.41, 5.74) is 0.790. The van der Waals surface area contributed by atoms with E-state index in [1.54, 1.807) is 12.1 Å². The van der Waals surface area contributed by atoms with Gasteiger partial charge in [-0.05, 0) is 18.2 Å². The summed E-state index contributed by atoms with van der Waals surface area (Å²) >= 11 is 12.0. The molecule has 3 atom stereocenters. The van der Waals surface area contributed by atoms with E-state index in [4.69, 9.17) is 37.4 Å². The van der Waals surface area contributed by atoms with Gasteiger partial charge in [-0.15, -0.1) is 0 Å². The standard InChI is InChI=1S/C13H13Cl2NO4/c1-18-12(17)11-13-19-6-8(20-13)5-16(11)7-2-3-9(14)10(15)4-7/h2-4,8,11,13H,5-6H2,1H3. The molecule has 0 spiro atoms. The quantitative estimate of drug-likeness (QED) is 0.782. The maximum atomic E-state index is 12.0. The highest BCUT2D eigenvalue weighted by atomic mass is 35.5. The van der Waals surface area contributed by atoms with Crippen molar-refractivity contribution in [2.24, 2.45) is 0 Å². The number of ether oxygens (including phenoxy) is 3. The van der Waals surface area contributed by atoms with E-state index in [0.717, 1.165) is 5.69 Å². The van der Waals surface area contributed by atoms with Gasteiger partial charge in [0.1, 0.15) is 6.10 Å². The molecule has 1 aromatic rings. The maximum absolute atomic E-state index is 12.0. The molecule has 2 aliphatic rings. The largest absolute Gasteiger partial charge is 0.467 e. The number of methoxy groups -OCH3 is 1. The molecule has 0 aromatic heterocycles. The third-order valence-electron chi connectivity index (χ3n) is 3.44. The molecule has 108 valence electrons. The molecule has 3 rings (SSSR count). The van der Waals surface area contributed by atoms with E-state index >= 15 is 0 Å². The second kappa shape index (κ2) is 5.41. The van der Waals surface area contributed by atoms with Crippen molar-refractivity contribution in [2.45, 2.75) is 18.4 Å². The van der Waals surface area contributed by atoms with Gasteiger partial charge in [-0.2, -0.15) is 0 Å². The zero-order valence-electron chi connectivity index (χ0n) is 10.7. The molecular weight excluding hydrogens is 305 g/mol. The average Bonchev–Trinajstić information content (AvgIpc) is 2.82. The van der Waals surface area contributed by atoms with Crippen LogP contribution < -0.4 is 4.90 Å². The van der Waals surface area contributed by atoms with Crippen molar-refractivity contribution in [2.75, 3.05) is 25.2 Å². The third-order valence-corrected chi connectivity index (χ3v) is 4.18. The number of hydrogen-bond acceptors (Lipinski definition) is 5. The lowest BCUT2D eigenvalue weighted by atomic mass is 10.1. The first-order chi connectivity index (χ1) is 9.60. The summed E-state index contributed by atoms with van der Waals surface area (Å²) in [6.45, 7) is 1.00. The Morgan fingerprint density at radius 3 is 2.90 bits per heavy atom. The second-order valence-electron chi connectivity index (χ2n) is 4.68. The number of carbonyl (C=O) groups excluding carboxylic acids is 1. The van der Waals surface area contributed by atoms with Gasteiger partial charge in [0.05, 0.1) is 23.8 Å². The number of nitrogens with zero attached hydrogens (tertiary/aromatic N) is 1. The van der Waals surface area contributed by atoms with Crippen LogP contribution in [-0.2, 0) is 19.0 Å². The van der Waals surface area contributed by atoms with Gasteiger partial charge in [-0.1, -0.05) is 23.2 Å². The van der Waals surface area contributed by atoms with Crippen LogP contribution in [-0.4, -0.2) is 44.7 Å². The molecule has 2 aliphatic heterocycles. The van der Waals surface area contributed by atoms with Gasteiger partial charge in [0.25, 0.3) is 0 Å². The lowest BCUT2D eigenvalue weighted by molar-refractivity contribution is -0.157. The molecule has 0 aliphatic carbocycles. The van der Waals surface area contributed by atoms with E-state index in [-0.39, 0.29) is 6.10 Å². The lowest BCUT2D eigenvalue weighted by Crippen LogP contribution is -2.56. The van der Waals surface area contributed by atoms with E-state index in [0.29, 0.717) is 23.2 Å². The molecule has 0 radical (unpaired) electrons. The van der Waals surface area contributed by atoms with Crippen LogP contribution in [0, 0.1) is 0 Å². The SMILES string of the molecule is COC(=O)C1C2OCC(CN1c1ccc(Cl)c(Cl)c1)O2. The predicted octanol–water partition coefficient (Wildman–Crippen LogP) is 2.10. The highest BCUT2D eigenvalue weighted by Crippen LogP contribution is 2.34. The topological polar surface area (TPSA) is 48.0 Å². The molecule has 2 saturated heterocycles. The number of benzene rings is 1. The number of halogens is 2. The van der Waals surface area contributed by atoms with Crippen molar-refractivity contribution in [3.63, 3.8) is 0 Å². The van der Waals surface area contributed by atoms with Crippen molar-refractivity contribution in [1.82, 2.24) is 0 Å². The maximum Gasteiger partial charge on any atom is 0.333 e. The van der Waals surface area contributed by atoms with Gasteiger partial charge < -0.3 is 19.1 Å². The Balaban J connectivity index is 1.96. The second-order valence-corrected chi connectivity index (χ2v) is 5.49. The third kappa shape index (κ3) is 2.35. The van der Waals surface area contributed by atoms with Gasteiger partial charge >= 0.3 is 5.97 Å². The van der Waals surface area contributed by atoms with Crippen LogP contribution in [0.2, 0.25) is 10.0 Å². The molecular formula is C13H13Cl2NO4. The number of morpholine rings is 1. The lowest BCUT2D eigenvalue weighted by Gasteiger charge is -2.38. The minimum atomic E-state index is -0.643. The molecule has 0 saturated carbocycles. The fourth-order valence-electron chi connectivity index (χ4n) is 2.50. The first-order valence-electron chi connectivity index (χ1n) is 6.16. The summed E-state index contributed by atoms with van der Waals surface area (Å²) in [7, 11) is 1.34. The van der Waals surface area contributed by atoms with Crippen LogP contribution in [0.1, 0.15) is 0 Å². The van der Waals surface area contributed by atoms with Crippen LogP contribution >= 0.6 is 23.2 Å². The van der Waals surface area contributed by atoms with E-state index in [2.05, 4.69) is 0 Å². The molecule has 2 bridgehead atoms. The first-order valence-corrected chi connectivity index (χ1v) is 6.92. The van der Waals surface area contributed by atoms with Crippen LogP contribution in [0.25, 0.3) is 0 Å². The Morgan fingerprint density at radius 2 is 2.20 bits per heavy atom. The highest BCUT2D eigenvalue weighted by molar-refractivity contribution is 6.42. The van der Waals surface area contributed by atoms with Crippen molar-refractivity contribution in [3.8, 4) is 0 Å². The molecule has 20 heavy (non-hydrogen) atoms. The smallest absolute Gasteiger partial charge is 0.333 e. The van der Waals surface area contributed by atoms with Gasteiger partial charge in [0, 0.05) is 12.2 Å². The first kappa shape index (κ1) is 13.9. The zero-order valence-corrected chi connectivity index (χ0v) is 12.2. The van der Waals surface area contributed by atoms with E-state index < -0.39 is 18.3 Å². The summed E-state index contributed by atoms with van der Waals surface area (Å²) in [5.74, 6) is -0.401. The predicted molar refractivity (Wildman–Crippen MR) is 74.2 cm³/mol. The summed E-state index contributed by atoms with van der Waals surface area (Å²) in [6, 6.07) is 4.60. The molecule has 2 heterocycles. The zero-order chi connectivity index (χ0) is 14.3. The normalized spacial score (nSPS) is 28.6. The minimum Gasteiger partial charge on any atom is -0.467 e. The van der Waals surface area contributed by atoms with Crippen LogP contribution in [0.4, 0.5) is 5.69 Å². The Labute approximate surface area is 126 Å². The molecule has 3 unspecified atom stereocenters. The fourth-order valence-corrected chi connectivity index (χ4v) is 2.79. The Hall–Kier alpha value is -1.01. The molecule has 2 fully saturated rings. The monoisotopic (exact) mass is 317 g/mol. The van der Waals surface area contributed by atoms with E-state index in [1.165, 1.54) is 7.11 Å². The van der Waals surface area contributed by atoms with Crippen molar-refractivity contribution in [1.29, 1.82) is 0 Å². The molecule has 1 aromatic carbocycles. The van der Waals surface area contributed by atoms with Crippen LogP contribution in [0.3, 0.4) is 0 Å². The number of anilines is 1. The number of carbonyl (C=O) groups is 1. The Bertz CT molecular complexity index is 539. The number of hydrogen-bond donors (Lipinski definition) is 0. The number of rotatable bonds is 2. The van der Waals surface area contributed by atoms with Crippen LogP contribution in [0.15, 0.2) is 18.2 Å². The molecule has 0 N–H and O–H groups in total. The van der Waals surface area contributed by atoms with Crippen molar-refractivity contribution in [3.05, 3.63) is 28.2 Å². The summed E-state index contributed by atoms with van der Waals surface area (Å²) in [6.07, 6.45) is -0.675. The van der Waals surface area contributed by atoms with Crippen molar-refractivity contribution >= 4 is 34.9 Å². The van der Waals surface area contributed by atoms with Gasteiger partial charge in [0.15, 0.2) is 12.3 Å². The average molecular weight is 318 g/mol. The summed E-state index contributed by atoms with van der Waals surface area (Å²) in [4.78, 5) is 13.9. The Morgan fingerprint density at radius 1 is 1.40 bits per heavy atom. The molecule has 7 heteroatoms. The van der Waals surface area contributed by atoms with Gasteiger partial charge in [0.2, 0.25) is 0 Å². The summed E-state index contributed by atoms with van der Waals surface area (Å²) in [5, 5.41) is 0.907. The molecule has 0 amide bonds. The van der Waals surface area contributed by atoms with Gasteiger partial charge in [-0.3, -0.25) is 0 Å².